The molecule has 3 rings (SSSR count). The minimum absolute atomic E-state index is 0.137. The number of hydrogen-bond acceptors (Lipinski definition) is 6. The summed E-state index contributed by atoms with van der Waals surface area (Å²) in [5, 5.41) is 14.1. The maximum Gasteiger partial charge on any atom is 0.573 e. The monoisotopic (exact) mass is 386 g/mol. The maximum atomic E-state index is 12.2. The van der Waals surface area contributed by atoms with Crippen LogP contribution in [0.5, 0.6) is 11.8 Å². The Balaban J connectivity index is 1.63. The lowest BCUT2D eigenvalue weighted by Crippen LogP contribution is -2.48. The third-order valence-electron chi connectivity index (χ3n) is 4.14. The highest BCUT2D eigenvalue weighted by molar-refractivity contribution is 5.27. The third kappa shape index (κ3) is 4.67. The number of benzene rings is 1. The Morgan fingerprint density at radius 3 is 2.70 bits per heavy atom. The lowest BCUT2D eigenvalue weighted by Gasteiger charge is -2.31. The molecule has 0 aliphatic carbocycles. The molecule has 1 aliphatic rings. The summed E-state index contributed by atoms with van der Waals surface area (Å²) in [6.07, 6.45) is -2.97. The number of fused-ring (bicyclic) bond motifs is 1. The molecule has 1 N–H and O–H groups in total. The summed E-state index contributed by atoms with van der Waals surface area (Å²) in [7, 11) is 0. The Labute approximate surface area is 152 Å². The van der Waals surface area contributed by atoms with Gasteiger partial charge in [-0.15, -0.1) is 13.2 Å². The number of rotatable bonds is 6. The summed E-state index contributed by atoms with van der Waals surface area (Å²) >= 11 is 0. The van der Waals surface area contributed by atoms with E-state index in [1.54, 1.807) is 4.57 Å². The van der Waals surface area contributed by atoms with Gasteiger partial charge < -0.3 is 24.9 Å². The van der Waals surface area contributed by atoms with Crippen molar-refractivity contribution in [3.05, 3.63) is 46.1 Å². The Hall–Kier alpha value is -2.82. The van der Waals surface area contributed by atoms with E-state index in [2.05, 4.69) is 15.0 Å². The molecule has 0 unspecified atom stereocenters. The smallest absolute Gasteiger partial charge is 0.441 e. The second-order valence-electron chi connectivity index (χ2n) is 6.03. The summed E-state index contributed by atoms with van der Waals surface area (Å²) in [4.78, 5) is 14.1. The Morgan fingerprint density at radius 2 is 2.11 bits per heavy atom. The SMILES string of the molecule is CC[C@@H]1Oc2nc([N+](=O)[O-])cn2C[C@@H]1NCc1ccc(OC(F)(F)F)cc1. The van der Waals surface area contributed by atoms with Crippen LogP contribution in [0.4, 0.5) is 19.0 Å². The minimum Gasteiger partial charge on any atom is -0.441 e. The largest absolute Gasteiger partial charge is 0.573 e. The molecule has 0 bridgehead atoms. The van der Waals surface area contributed by atoms with Crippen molar-refractivity contribution in [1.29, 1.82) is 0 Å². The number of hydrogen-bond donors (Lipinski definition) is 1. The second kappa shape index (κ2) is 7.43. The normalized spacial score (nSPS) is 19.3. The highest BCUT2D eigenvalue weighted by Gasteiger charge is 2.34. The lowest BCUT2D eigenvalue weighted by atomic mass is 10.1. The topological polar surface area (TPSA) is 91.5 Å². The van der Waals surface area contributed by atoms with E-state index < -0.39 is 11.3 Å². The first-order valence-electron chi connectivity index (χ1n) is 8.21. The number of nitro groups is 1. The first-order chi connectivity index (χ1) is 12.7. The molecule has 1 aromatic carbocycles. The van der Waals surface area contributed by atoms with Crippen LogP contribution < -0.4 is 14.8 Å². The van der Waals surface area contributed by atoms with E-state index >= 15 is 0 Å². The summed E-state index contributed by atoms with van der Waals surface area (Å²) in [5.74, 6) is -0.560. The third-order valence-corrected chi connectivity index (χ3v) is 4.14. The van der Waals surface area contributed by atoms with Gasteiger partial charge in [-0.3, -0.25) is 4.57 Å². The number of imidazole rings is 1. The van der Waals surface area contributed by atoms with Gasteiger partial charge in [0.2, 0.25) is 0 Å². The van der Waals surface area contributed by atoms with Gasteiger partial charge in [0.1, 0.15) is 18.1 Å². The van der Waals surface area contributed by atoms with Crippen LogP contribution in [0.15, 0.2) is 30.5 Å². The van der Waals surface area contributed by atoms with E-state index in [0.29, 0.717) is 19.5 Å². The van der Waals surface area contributed by atoms with Crippen molar-refractivity contribution in [3.8, 4) is 11.8 Å². The summed E-state index contributed by atoms with van der Waals surface area (Å²) in [5.41, 5.74) is 0.766. The fourth-order valence-electron chi connectivity index (χ4n) is 2.87. The fourth-order valence-corrected chi connectivity index (χ4v) is 2.87. The molecular weight excluding hydrogens is 369 g/mol. The summed E-state index contributed by atoms with van der Waals surface area (Å²) < 4.78 is 47.7. The van der Waals surface area contributed by atoms with Crippen LogP contribution in [0.2, 0.25) is 0 Å². The van der Waals surface area contributed by atoms with Gasteiger partial charge in [0, 0.05) is 18.1 Å². The van der Waals surface area contributed by atoms with Crippen molar-refractivity contribution >= 4 is 5.82 Å². The van der Waals surface area contributed by atoms with Gasteiger partial charge >= 0.3 is 18.2 Å². The van der Waals surface area contributed by atoms with E-state index in [1.807, 2.05) is 6.92 Å². The summed E-state index contributed by atoms with van der Waals surface area (Å²) in [6, 6.07) is 5.63. The van der Waals surface area contributed by atoms with Gasteiger partial charge in [-0.25, -0.2) is 0 Å². The van der Waals surface area contributed by atoms with E-state index in [9.17, 15) is 23.3 Å². The Morgan fingerprint density at radius 1 is 1.41 bits per heavy atom. The van der Waals surface area contributed by atoms with Gasteiger partial charge in [0.15, 0.2) is 0 Å². The molecule has 0 saturated carbocycles. The van der Waals surface area contributed by atoms with E-state index in [4.69, 9.17) is 4.74 Å². The fraction of sp³-hybridized carbons (Fsp3) is 0.438. The number of ether oxygens (including phenoxy) is 2. The first-order valence-corrected chi connectivity index (χ1v) is 8.21. The molecule has 1 aliphatic heterocycles. The zero-order chi connectivity index (χ0) is 19.6. The van der Waals surface area contributed by atoms with Crippen LogP contribution in [0, 0.1) is 10.1 Å². The highest BCUT2D eigenvalue weighted by Crippen LogP contribution is 2.26. The molecule has 11 heteroatoms. The standard InChI is InChI=1S/C16H17F3N4O4/c1-2-13-12(8-22-9-14(23(24)25)21-15(22)26-13)20-7-10-3-5-11(6-4-10)27-16(17,18)19/h3-6,9,12-13,20H,2,7-8H2,1H3/t12-,13-/m0/s1. The molecule has 2 atom stereocenters. The molecule has 0 amide bonds. The quantitative estimate of drug-likeness (QED) is 0.606. The molecule has 0 fully saturated rings. The zero-order valence-corrected chi connectivity index (χ0v) is 14.3. The van der Waals surface area contributed by atoms with Crippen molar-refractivity contribution in [2.45, 2.75) is 44.9 Å². The zero-order valence-electron chi connectivity index (χ0n) is 14.3. The van der Waals surface area contributed by atoms with Crippen LogP contribution in [-0.4, -0.2) is 33.0 Å². The predicted molar refractivity (Wildman–Crippen MR) is 87.3 cm³/mol. The van der Waals surface area contributed by atoms with Gasteiger partial charge in [-0.2, -0.15) is 0 Å². The van der Waals surface area contributed by atoms with Crippen LogP contribution in [-0.2, 0) is 13.1 Å². The van der Waals surface area contributed by atoms with Crippen LogP contribution in [0.3, 0.4) is 0 Å². The first kappa shape index (κ1) is 19.0. The van der Waals surface area contributed by atoms with Gasteiger partial charge in [0.05, 0.1) is 6.04 Å². The number of nitrogens with one attached hydrogen (secondary N) is 1. The maximum absolute atomic E-state index is 12.2. The Kier molecular flexibility index (Phi) is 5.22. The second-order valence-corrected chi connectivity index (χ2v) is 6.03. The Bertz CT molecular complexity index is 807. The van der Waals surface area contributed by atoms with Crippen molar-refractivity contribution in [2.75, 3.05) is 0 Å². The van der Waals surface area contributed by atoms with Crippen LogP contribution in [0.25, 0.3) is 0 Å². The van der Waals surface area contributed by atoms with Crippen molar-refractivity contribution in [1.82, 2.24) is 14.9 Å². The van der Waals surface area contributed by atoms with Gasteiger partial charge in [-0.05, 0) is 29.0 Å². The van der Waals surface area contributed by atoms with Crippen molar-refractivity contribution in [2.24, 2.45) is 0 Å². The number of aromatic nitrogens is 2. The van der Waals surface area contributed by atoms with Gasteiger partial charge in [-0.1, -0.05) is 19.1 Å². The van der Waals surface area contributed by atoms with E-state index in [-0.39, 0.29) is 29.7 Å². The molecule has 2 aromatic rings. The number of halogens is 3. The molecular formula is C16H17F3N4O4. The average molecular weight is 386 g/mol. The molecule has 0 radical (unpaired) electrons. The average Bonchev–Trinajstić information content (AvgIpc) is 3.02. The molecule has 27 heavy (non-hydrogen) atoms. The molecule has 8 nitrogen and oxygen atoms in total. The van der Waals surface area contributed by atoms with Crippen LogP contribution in [0.1, 0.15) is 18.9 Å². The van der Waals surface area contributed by atoms with Crippen LogP contribution >= 0.6 is 0 Å². The van der Waals surface area contributed by atoms with E-state index in [0.717, 1.165) is 5.56 Å². The van der Waals surface area contributed by atoms with Crippen molar-refractivity contribution < 1.29 is 27.6 Å². The number of nitrogens with zero attached hydrogens (tertiary/aromatic N) is 3. The molecule has 146 valence electrons. The van der Waals surface area contributed by atoms with E-state index in [1.165, 1.54) is 30.5 Å². The highest BCUT2D eigenvalue weighted by atomic mass is 19.4. The summed E-state index contributed by atoms with van der Waals surface area (Å²) in [6.45, 7) is 2.75. The molecule has 2 heterocycles. The lowest BCUT2D eigenvalue weighted by molar-refractivity contribution is -0.389. The molecule has 0 saturated heterocycles. The molecule has 1 aromatic heterocycles. The minimum atomic E-state index is -4.72. The van der Waals surface area contributed by atoms with Gasteiger partial charge in [0.25, 0.3) is 0 Å². The molecule has 0 spiro atoms. The predicted octanol–water partition coefficient (Wildman–Crippen LogP) is 3.02. The van der Waals surface area contributed by atoms with Crippen molar-refractivity contribution in [3.63, 3.8) is 0 Å². The number of alkyl halides is 3.